The second-order valence-electron chi connectivity index (χ2n) is 5.37. The molecule has 0 unspecified atom stereocenters. The maximum Gasteiger partial charge on any atom is 0.258 e. The molecular formula is C20H19FN2O4. The molecule has 0 aliphatic carbocycles. The van der Waals surface area contributed by atoms with Gasteiger partial charge in [0.15, 0.2) is 6.61 Å². The van der Waals surface area contributed by atoms with Crippen LogP contribution < -0.4 is 20.1 Å². The van der Waals surface area contributed by atoms with Crippen LogP contribution in [0, 0.1) is 17.7 Å². The molecule has 0 aliphatic rings. The minimum Gasteiger partial charge on any atom is -0.484 e. The van der Waals surface area contributed by atoms with E-state index in [1.165, 1.54) is 31.2 Å². The lowest BCUT2D eigenvalue weighted by molar-refractivity contribution is -0.122. The molecule has 2 aromatic carbocycles. The molecule has 0 fully saturated rings. The lowest BCUT2D eigenvalue weighted by Gasteiger charge is -2.06. The van der Waals surface area contributed by atoms with Crippen LogP contribution in [-0.2, 0) is 9.59 Å². The molecule has 2 aromatic rings. The molecule has 140 valence electrons. The van der Waals surface area contributed by atoms with E-state index in [4.69, 9.17) is 9.47 Å². The molecule has 0 saturated heterocycles. The Balaban J connectivity index is 1.65. The SMILES string of the molecule is CC(=O)Nc1cccc(OCC#CCNC(=O)COc2ccc(F)cc2)c1. The summed E-state index contributed by atoms with van der Waals surface area (Å²) >= 11 is 0. The molecule has 0 aromatic heterocycles. The monoisotopic (exact) mass is 370 g/mol. The molecule has 27 heavy (non-hydrogen) atoms. The van der Waals surface area contributed by atoms with Crippen LogP contribution in [0.2, 0.25) is 0 Å². The van der Waals surface area contributed by atoms with Gasteiger partial charge >= 0.3 is 0 Å². The van der Waals surface area contributed by atoms with Crippen molar-refractivity contribution in [1.82, 2.24) is 5.32 Å². The van der Waals surface area contributed by atoms with Gasteiger partial charge in [0.05, 0.1) is 6.54 Å². The van der Waals surface area contributed by atoms with E-state index in [0.29, 0.717) is 17.2 Å². The Morgan fingerprint density at radius 1 is 1.04 bits per heavy atom. The molecule has 2 rings (SSSR count). The van der Waals surface area contributed by atoms with Crippen molar-refractivity contribution in [3.8, 4) is 23.3 Å². The summed E-state index contributed by atoms with van der Waals surface area (Å²) in [4.78, 5) is 22.6. The molecule has 0 saturated carbocycles. The third kappa shape index (κ3) is 7.92. The summed E-state index contributed by atoms with van der Waals surface area (Å²) in [5.41, 5.74) is 0.640. The lowest BCUT2D eigenvalue weighted by Crippen LogP contribution is -2.29. The second-order valence-corrected chi connectivity index (χ2v) is 5.37. The summed E-state index contributed by atoms with van der Waals surface area (Å²) in [6, 6.07) is 12.4. The summed E-state index contributed by atoms with van der Waals surface area (Å²) in [7, 11) is 0. The fourth-order valence-electron chi connectivity index (χ4n) is 1.97. The zero-order chi connectivity index (χ0) is 19.5. The largest absolute Gasteiger partial charge is 0.484 e. The van der Waals surface area contributed by atoms with Crippen molar-refractivity contribution in [3.63, 3.8) is 0 Å². The van der Waals surface area contributed by atoms with Crippen molar-refractivity contribution in [1.29, 1.82) is 0 Å². The van der Waals surface area contributed by atoms with Gasteiger partial charge in [-0.1, -0.05) is 17.9 Å². The van der Waals surface area contributed by atoms with Crippen molar-refractivity contribution in [3.05, 3.63) is 54.3 Å². The van der Waals surface area contributed by atoms with Crippen molar-refractivity contribution in [2.24, 2.45) is 0 Å². The minimum absolute atomic E-state index is 0.144. The zero-order valence-electron chi connectivity index (χ0n) is 14.8. The topological polar surface area (TPSA) is 76.7 Å². The standard InChI is InChI=1S/C20H19FN2O4/c1-15(24)23-17-5-4-6-19(13-17)26-12-3-2-11-22-20(25)14-27-18-9-7-16(21)8-10-18/h4-10,13H,11-12,14H2,1H3,(H,22,25)(H,23,24). The summed E-state index contributed by atoms with van der Waals surface area (Å²) in [5, 5.41) is 5.24. The first-order valence-electron chi connectivity index (χ1n) is 8.14. The number of carbonyl (C=O) groups excluding carboxylic acids is 2. The van der Waals surface area contributed by atoms with E-state index in [0.717, 1.165) is 0 Å². The Hall–Kier alpha value is -3.53. The first-order valence-corrected chi connectivity index (χ1v) is 8.14. The Morgan fingerprint density at radius 3 is 2.56 bits per heavy atom. The van der Waals surface area contributed by atoms with E-state index in [1.807, 2.05) is 0 Å². The molecule has 0 radical (unpaired) electrons. The van der Waals surface area contributed by atoms with Crippen LogP contribution >= 0.6 is 0 Å². The highest BCUT2D eigenvalue weighted by molar-refractivity contribution is 5.88. The zero-order valence-corrected chi connectivity index (χ0v) is 14.8. The molecule has 2 N–H and O–H groups in total. The molecule has 2 amide bonds. The molecule has 0 spiro atoms. The summed E-state index contributed by atoms with van der Waals surface area (Å²) in [6.45, 7) is 1.55. The van der Waals surface area contributed by atoms with Crippen LogP contribution in [0.25, 0.3) is 0 Å². The average Bonchev–Trinajstić information content (AvgIpc) is 2.64. The third-order valence-electron chi connectivity index (χ3n) is 3.15. The number of carbonyl (C=O) groups is 2. The van der Waals surface area contributed by atoms with Crippen LogP contribution in [0.15, 0.2) is 48.5 Å². The molecule has 0 heterocycles. The van der Waals surface area contributed by atoms with Crippen LogP contribution in [0.1, 0.15) is 6.92 Å². The number of anilines is 1. The van der Waals surface area contributed by atoms with E-state index in [9.17, 15) is 14.0 Å². The number of halogens is 1. The van der Waals surface area contributed by atoms with E-state index in [-0.39, 0.29) is 37.4 Å². The van der Waals surface area contributed by atoms with Gasteiger partial charge in [0.1, 0.15) is 23.9 Å². The number of nitrogens with one attached hydrogen (secondary N) is 2. The number of hydrogen-bond donors (Lipinski definition) is 2. The number of rotatable bonds is 7. The van der Waals surface area contributed by atoms with Gasteiger partial charge in [0, 0.05) is 18.7 Å². The number of benzene rings is 2. The van der Waals surface area contributed by atoms with Crippen molar-refractivity contribution >= 4 is 17.5 Å². The Morgan fingerprint density at radius 2 is 1.81 bits per heavy atom. The minimum atomic E-state index is -0.369. The highest BCUT2D eigenvalue weighted by Gasteiger charge is 2.01. The van der Waals surface area contributed by atoms with E-state index in [2.05, 4.69) is 22.5 Å². The normalized spacial score (nSPS) is 9.56. The van der Waals surface area contributed by atoms with Gasteiger partial charge in [0.2, 0.25) is 5.91 Å². The molecule has 6 nitrogen and oxygen atoms in total. The third-order valence-corrected chi connectivity index (χ3v) is 3.15. The first-order chi connectivity index (χ1) is 13.0. The highest BCUT2D eigenvalue weighted by Crippen LogP contribution is 2.17. The molecule has 7 heteroatoms. The smallest absolute Gasteiger partial charge is 0.258 e. The number of hydrogen-bond acceptors (Lipinski definition) is 4. The maximum atomic E-state index is 12.8. The highest BCUT2D eigenvalue weighted by atomic mass is 19.1. The maximum absolute atomic E-state index is 12.8. The van der Waals surface area contributed by atoms with Crippen LogP contribution in [0.5, 0.6) is 11.5 Å². The molecule has 0 atom stereocenters. The van der Waals surface area contributed by atoms with Gasteiger partial charge < -0.3 is 20.1 Å². The Kier molecular flexibility index (Phi) is 7.67. The van der Waals surface area contributed by atoms with Crippen molar-refractivity contribution in [2.75, 3.05) is 25.1 Å². The summed E-state index contributed by atoms with van der Waals surface area (Å²) < 4.78 is 23.4. The van der Waals surface area contributed by atoms with Gasteiger partial charge in [-0.25, -0.2) is 4.39 Å². The first kappa shape index (κ1) is 19.8. The fraction of sp³-hybridized carbons (Fsp3) is 0.200. The van der Waals surface area contributed by atoms with E-state index >= 15 is 0 Å². The van der Waals surface area contributed by atoms with Gasteiger partial charge in [-0.05, 0) is 36.4 Å². The quantitative estimate of drug-likeness (QED) is 0.734. The summed E-state index contributed by atoms with van der Waals surface area (Å²) in [5.74, 6) is 5.65. The van der Waals surface area contributed by atoms with Crippen molar-refractivity contribution < 1.29 is 23.5 Å². The van der Waals surface area contributed by atoms with Gasteiger partial charge in [-0.15, -0.1) is 0 Å². The Bertz CT molecular complexity index is 841. The van der Waals surface area contributed by atoms with E-state index < -0.39 is 0 Å². The van der Waals surface area contributed by atoms with Crippen LogP contribution in [-0.4, -0.2) is 31.6 Å². The fourth-order valence-corrected chi connectivity index (χ4v) is 1.97. The molecular weight excluding hydrogens is 351 g/mol. The lowest BCUT2D eigenvalue weighted by atomic mass is 10.3. The molecule has 0 bridgehead atoms. The van der Waals surface area contributed by atoms with Crippen molar-refractivity contribution in [2.45, 2.75) is 6.92 Å². The number of ether oxygens (including phenoxy) is 2. The predicted molar refractivity (Wildman–Crippen MR) is 98.9 cm³/mol. The van der Waals surface area contributed by atoms with Crippen LogP contribution in [0.4, 0.5) is 10.1 Å². The number of amides is 2. The molecule has 0 aliphatic heterocycles. The van der Waals surface area contributed by atoms with Gasteiger partial charge in [-0.3, -0.25) is 9.59 Å². The Labute approximate surface area is 156 Å². The second kappa shape index (κ2) is 10.5. The van der Waals surface area contributed by atoms with Gasteiger partial charge in [0.25, 0.3) is 5.91 Å². The van der Waals surface area contributed by atoms with Crippen LogP contribution in [0.3, 0.4) is 0 Å². The average molecular weight is 370 g/mol. The predicted octanol–water partition coefficient (Wildman–Crippen LogP) is 2.36. The summed E-state index contributed by atoms with van der Waals surface area (Å²) in [6.07, 6.45) is 0. The van der Waals surface area contributed by atoms with E-state index in [1.54, 1.807) is 24.3 Å². The van der Waals surface area contributed by atoms with Gasteiger partial charge in [-0.2, -0.15) is 0 Å².